The van der Waals surface area contributed by atoms with Crippen LogP contribution in [0.15, 0.2) is 30.5 Å². The van der Waals surface area contributed by atoms with Crippen LogP contribution in [0.3, 0.4) is 0 Å². The minimum atomic E-state index is 0.627. The van der Waals surface area contributed by atoms with Crippen LogP contribution in [-0.4, -0.2) is 16.1 Å². The lowest BCUT2D eigenvalue weighted by Crippen LogP contribution is -2.09. The molecule has 0 aliphatic heterocycles. The molecule has 16 heavy (non-hydrogen) atoms. The maximum atomic E-state index is 5.59. The van der Waals surface area contributed by atoms with Crippen LogP contribution in [0.25, 0.3) is 5.69 Å². The van der Waals surface area contributed by atoms with E-state index in [1.165, 1.54) is 5.56 Å². The fourth-order valence-electron chi connectivity index (χ4n) is 1.84. The molecule has 1 aromatic carbocycles. The minimum Gasteiger partial charge on any atom is -0.330 e. The second kappa shape index (κ2) is 4.49. The van der Waals surface area contributed by atoms with E-state index in [9.17, 15) is 0 Å². The summed E-state index contributed by atoms with van der Waals surface area (Å²) >= 11 is 0. The van der Waals surface area contributed by atoms with Gasteiger partial charge in [-0.25, -0.2) is 4.98 Å². The molecule has 0 amide bonds. The molecule has 0 radical (unpaired) electrons. The second-order valence-electron chi connectivity index (χ2n) is 4.03. The van der Waals surface area contributed by atoms with Crippen molar-refractivity contribution in [1.82, 2.24) is 9.55 Å². The molecule has 0 fully saturated rings. The van der Waals surface area contributed by atoms with Crippen LogP contribution >= 0.6 is 0 Å². The van der Waals surface area contributed by atoms with E-state index in [1.807, 2.05) is 6.20 Å². The zero-order valence-corrected chi connectivity index (χ0v) is 9.77. The van der Waals surface area contributed by atoms with E-state index >= 15 is 0 Å². The fourth-order valence-corrected chi connectivity index (χ4v) is 1.84. The van der Waals surface area contributed by atoms with E-state index in [4.69, 9.17) is 5.73 Å². The Hall–Kier alpha value is -1.61. The fraction of sp³-hybridized carbons (Fsp3) is 0.308. The third-order valence-electron chi connectivity index (χ3n) is 2.67. The van der Waals surface area contributed by atoms with Gasteiger partial charge in [0.05, 0.1) is 0 Å². The van der Waals surface area contributed by atoms with Gasteiger partial charge in [-0.1, -0.05) is 17.7 Å². The molecule has 84 valence electrons. The zero-order chi connectivity index (χ0) is 11.5. The van der Waals surface area contributed by atoms with E-state index in [0.29, 0.717) is 6.54 Å². The lowest BCUT2D eigenvalue weighted by Gasteiger charge is -2.09. The first-order chi connectivity index (χ1) is 7.72. The molecule has 0 saturated heterocycles. The van der Waals surface area contributed by atoms with E-state index in [-0.39, 0.29) is 0 Å². The van der Waals surface area contributed by atoms with Crippen molar-refractivity contribution in [2.45, 2.75) is 20.3 Å². The monoisotopic (exact) mass is 215 g/mol. The Kier molecular flexibility index (Phi) is 3.06. The molecule has 0 bridgehead atoms. The predicted molar refractivity (Wildman–Crippen MR) is 65.8 cm³/mol. The van der Waals surface area contributed by atoms with Gasteiger partial charge in [-0.05, 0) is 32.5 Å². The molecule has 3 nitrogen and oxygen atoms in total. The van der Waals surface area contributed by atoms with E-state index in [1.54, 1.807) is 0 Å². The number of rotatable bonds is 3. The standard InChI is InChI=1S/C13H17N3/c1-10-3-5-12(6-4-10)16-11(2)9-15-13(16)7-8-14/h3-6,9H,7-8,14H2,1-2H3. The van der Waals surface area contributed by atoms with Gasteiger partial charge in [-0.2, -0.15) is 0 Å². The van der Waals surface area contributed by atoms with Crippen molar-refractivity contribution in [2.24, 2.45) is 5.73 Å². The van der Waals surface area contributed by atoms with Gasteiger partial charge in [-0.15, -0.1) is 0 Å². The van der Waals surface area contributed by atoms with Gasteiger partial charge in [0.1, 0.15) is 5.82 Å². The van der Waals surface area contributed by atoms with Crippen molar-refractivity contribution in [3.05, 3.63) is 47.5 Å². The first-order valence-corrected chi connectivity index (χ1v) is 5.52. The van der Waals surface area contributed by atoms with Gasteiger partial charge in [0.25, 0.3) is 0 Å². The summed E-state index contributed by atoms with van der Waals surface area (Å²) in [5.41, 5.74) is 9.16. The van der Waals surface area contributed by atoms with E-state index in [2.05, 4.69) is 47.7 Å². The first kappa shape index (κ1) is 10.9. The topological polar surface area (TPSA) is 43.8 Å². The second-order valence-corrected chi connectivity index (χ2v) is 4.03. The average Bonchev–Trinajstić information content (AvgIpc) is 2.62. The number of aryl methyl sites for hydroxylation is 2. The largest absolute Gasteiger partial charge is 0.330 e. The summed E-state index contributed by atoms with van der Waals surface area (Å²) in [6.07, 6.45) is 2.70. The van der Waals surface area contributed by atoms with Gasteiger partial charge in [-0.3, -0.25) is 0 Å². The van der Waals surface area contributed by atoms with Gasteiger partial charge in [0.15, 0.2) is 0 Å². The van der Waals surface area contributed by atoms with Gasteiger partial charge >= 0.3 is 0 Å². The summed E-state index contributed by atoms with van der Waals surface area (Å²) in [7, 11) is 0. The number of nitrogens with zero attached hydrogens (tertiary/aromatic N) is 2. The molecule has 0 spiro atoms. The number of imidazole rings is 1. The van der Waals surface area contributed by atoms with Crippen molar-refractivity contribution in [1.29, 1.82) is 0 Å². The Bertz CT molecular complexity index is 468. The van der Waals surface area contributed by atoms with Crippen LogP contribution in [0.2, 0.25) is 0 Å². The van der Waals surface area contributed by atoms with Crippen LogP contribution in [0.1, 0.15) is 17.1 Å². The summed E-state index contributed by atoms with van der Waals surface area (Å²) in [5.74, 6) is 1.03. The molecule has 0 aliphatic rings. The van der Waals surface area contributed by atoms with Crippen molar-refractivity contribution < 1.29 is 0 Å². The third kappa shape index (κ3) is 1.99. The van der Waals surface area contributed by atoms with Crippen LogP contribution in [0, 0.1) is 13.8 Å². The third-order valence-corrected chi connectivity index (χ3v) is 2.67. The molecule has 0 saturated carbocycles. The van der Waals surface area contributed by atoms with Crippen LogP contribution < -0.4 is 5.73 Å². The molecule has 1 heterocycles. The predicted octanol–water partition coefficient (Wildman–Crippen LogP) is 1.99. The Morgan fingerprint density at radius 1 is 1.19 bits per heavy atom. The number of benzene rings is 1. The summed E-state index contributed by atoms with van der Waals surface area (Å²) in [6.45, 7) is 4.78. The quantitative estimate of drug-likeness (QED) is 0.851. The Morgan fingerprint density at radius 2 is 1.88 bits per heavy atom. The highest BCUT2D eigenvalue weighted by Crippen LogP contribution is 2.15. The van der Waals surface area contributed by atoms with Crippen LogP contribution in [0.5, 0.6) is 0 Å². The average molecular weight is 215 g/mol. The molecule has 1 aromatic heterocycles. The van der Waals surface area contributed by atoms with E-state index in [0.717, 1.165) is 23.6 Å². The molecule has 2 aromatic rings. The molecular weight excluding hydrogens is 198 g/mol. The highest BCUT2D eigenvalue weighted by atomic mass is 15.1. The SMILES string of the molecule is Cc1ccc(-n2c(C)cnc2CCN)cc1. The molecule has 2 rings (SSSR count). The molecule has 0 unspecified atom stereocenters. The van der Waals surface area contributed by atoms with Crippen molar-refractivity contribution in [2.75, 3.05) is 6.54 Å². The Morgan fingerprint density at radius 3 is 2.50 bits per heavy atom. The van der Waals surface area contributed by atoms with E-state index < -0.39 is 0 Å². The summed E-state index contributed by atoms with van der Waals surface area (Å²) < 4.78 is 2.16. The highest BCUT2D eigenvalue weighted by molar-refractivity contribution is 5.37. The minimum absolute atomic E-state index is 0.627. The first-order valence-electron chi connectivity index (χ1n) is 5.52. The molecular formula is C13H17N3. The van der Waals surface area contributed by atoms with Crippen LogP contribution in [-0.2, 0) is 6.42 Å². The van der Waals surface area contributed by atoms with Gasteiger partial charge in [0, 0.05) is 24.0 Å². The summed E-state index contributed by atoms with van der Waals surface area (Å²) in [5, 5.41) is 0. The normalized spacial score (nSPS) is 10.7. The van der Waals surface area contributed by atoms with Crippen molar-refractivity contribution in [3.8, 4) is 5.69 Å². The maximum Gasteiger partial charge on any atom is 0.114 e. The van der Waals surface area contributed by atoms with Gasteiger partial charge in [0.2, 0.25) is 0 Å². The van der Waals surface area contributed by atoms with Crippen molar-refractivity contribution >= 4 is 0 Å². The van der Waals surface area contributed by atoms with Crippen LogP contribution in [0.4, 0.5) is 0 Å². The molecule has 2 N–H and O–H groups in total. The number of hydrogen-bond donors (Lipinski definition) is 1. The molecule has 0 atom stereocenters. The molecule has 0 aliphatic carbocycles. The Labute approximate surface area is 95.9 Å². The number of hydrogen-bond acceptors (Lipinski definition) is 2. The summed E-state index contributed by atoms with van der Waals surface area (Å²) in [4.78, 5) is 4.39. The summed E-state index contributed by atoms with van der Waals surface area (Å²) in [6, 6.07) is 8.45. The van der Waals surface area contributed by atoms with Crippen molar-refractivity contribution in [3.63, 3.8) is 0 Å². The Balaban J connectivity index is 2.45. The lowest BCUT2D eigenvalue weighted by molar-refractivity contribution is 0.826. The maximum absolute atomic E-state index is 5.59. The number of aromatic nitrogens is 2. The zero-order valence-electron chi connectivity index (χ0n) is 9.77. The lowest BCUT2D eigenvalue weighted by atomic mass is 10.2. The molecule has 3 heteroatoms. The smallest absolute Gasteiger partial charge is 0.114 e. The number of nitrogens with two attached hydrogens (primary N) is 1. The highest BCUT2D eigenvalue weighted by Gasteiger charge is 2.07. The van der Waals surface area contributed by atoms with Gasteiger partial charge < -0.3 is 10.3 Å².